The zero-order valence-corrected chi connectivity index (χ0v) is 14.3. The lowest BCUT2D eigenvalue weighted by atomic mass is 9.78. The molecule has 1 aromatic rings. The lowest BCUT2D eigenvalue weighted by Crippen LogP contribution is -2.48. The predicted molar refractivity (Wildman–Crippen MR) is 88.9 cm³/mol. The fraction of sp³-hybridized carbons (Fsp3) is 0.824. The van der Waals surface area contributed by atoms with Crippen molar-refractivity contribution in [3.8, 4) is 0 Å². The van der Waals surface area contributed by atoms with E-state index in [4.69, 9.17) is 0 Å². The van der Waals surface area contributed by atoms with E-state index in [-0.39, 0.29) is 6.03 Å². The molecule has 0 aromatic carbocycles. The summed E-state index contributed by atoms with van der Waals surface area (Å²) in [7, 11) is 0. The quantitative estimate of drug-likeness (QED) is 0.896. The first-order valence-electron chi connectivity index (χ1n) is 9.10. The van der Waals surface area contributed by atoms with E-state index in [0.717, 1.165) is 31.0 Å². The smallest absolute Gasteiger partial charge is 0.315 e. The fourth-order valence-corrected chi connectivity index (χ4v) is 4.01. The van der Waals surface area contributed by atoms with Gasteiger partial charge < -0.3 is 15.2 Å². The van der Waals surface area contributed by atoms with Gasteiger partial charge in [0.05, 0.1) is 6.54 Å². The molecule has 0 radical (unpaired) electrons. The molecule has 2 aliphatic rings. The topological polar surface area (TPSA) is 71.8 Å². The van der Waals surface area contributed by atoms with E-state index < -0.39 is 0 Å². The number of aromatic nitrogens is 3. The van der Waals surface area contributed by atoms with Gasteiger partial charge in [0.15, 0.2) is 5.82 Å². The van der Waals surface area contributed by atoms with Crippen LogP contribution in [0.2, 0.25) is 0 Å². The van der Waals surface area contributed by atoms with E-state index in [1.54, 1.807) is 0 Å². The van der Waals surface area contributed by atoms with Crippen molar-refractivity contribution in [1.82, 2.24) is 25.4 Å². The number of rotatable bonds is 4. The minimum atomic E-state index is -0.0734. The Morgan fingerprint density at radius 1 is 1.22 bits per heavy atom. The monoisotopic (exact) mass is 319 g/mol. The average molecular weight is 319 g/mol. The predicted octanol–water partition coefficient (Wildman–Crippen LogP) is 2.63. The first-order valence-corrected chi connectivity index (χ1v) is 9.10. The van der Waals surface area contributed by atoms with Crippen LogP contribution in [-0.2, 0) is 19.5 Å². The van der Waals surface area contributed by atoms with Gasteiger partial charge in [-0.3, -0.25) is 0 Å². The Kier molecular flexibility index (Phi) is 5.18. The molecule has 1 aromatic heterocycles. The molecule has 2 amide bonds. The molecule has 2 atom stereocenters. The van der Waals surface area contributed by atoms with Gasteiger partial charge in [0, 0.05) is 19.0 Å². The maximum atomic E-state index is 12.3. The number of nitrogens with one attached hydrogen (secondary N) is 2. The molecule has 0 spiro atoms. The van der Waals surface area contributed by atoms with Crippen LogP contribution < -0.4 is 10.6 Å². The summed E-state index contributed by atoms with van der Waals surface area (Å²) in [5.74, 6) is 3.14. The van der Waals surface area contributed by atoms with E-state index in [9.17, 15) is 4.79 Å². The van der Waals surface area contributed by atoms with Gasteiger partial charge in [-0.2, -0.15) is 0 Å². The Morgan fingerprint density at radius 2 is 2.04 bits per heavy atom. The molecule has 2 unspecified atom stereocenters. The van der Waals surface area contributed by atoms with E-state index in [2.05, 4.69) is 39.2 Å². The summed E-state index contributed by atoms with van der Waals surface area (Å²) >= 11 is 0. The van der Waals surface area contributed by atoms with Crippen molar-refractivity contribution in [2.75, 3.05) is 0 Å². The first kappa shape index (κ1) is 16.3. The third-order valence-electron chi connectivity index (χ3n) is 5.34. The molecule has 128 valence electrons. The van der Waals surface area contributed by atoms with Crippen LogP contribution in [0.1, 0.15) is 64.0 Å². The van der Waals surface area contributed by atoms with Crippen molar-refractivity contribution in [3.05, 3.63) is 11.6 Å². The molecule has 2 N–H and O–H groups in total. The zero-order valence-electron chi connectivity index (χ0n) is 14.3. The number of fused-ring (bicyclic) bond motifs is 1. The maximum Gasteiger partial charge on any atom is 0.315 e. The Bertz CT molecular complexity index is 539. The number of hydrogen-bond acceptors (Lipinski definition) is 3. The summed E-state index contributed by atoms with van der Waals surface area (Å²) < 4.78 is 2.15. The Balaban J connectivity index is 1.52. The van der Waals surface area contributed by atoms with Gasteiger partial charge in [-0.05, 0) is 37.5 Å². The third-order valence-corrected chi connectivity index (χ3v) is 5.34. The van der Waals surface area contributed by atoms with Crippen LogP contribution in [0.15, 0.2) is 0 Å². The number of hydrogen-bond donors (Lipinski definition) is 2. The van der Waals surface area contributed by atoms with Crippen LogP contribution in [0.4, 0.5) is 4.79 Å². The van der Waals surface area contributed by atoms with E-state index in [1.807, 2.05) is 0 Å². The molecule has 1 aliphatic heterocycles. The fourth-order valence-electron chi connectivity index (χ4n) is 4.01. The lowest BCUT2D eigenvalue weighted by molar-refractivity contribution is 0.194. The van der Waals surface area contributed by atoms with E-state index in [0.29, 0.717) is 24.4 Å². The van der Waals surface area contributed by atoms with Crippen LogP contribution in [0.25, 0.3) is 0 Å². The summed E-state index contributed by atoms with van der Waals surface area (Å²) in [5.41, 5.74) is 0. The number of carbonyl (C=O) groups is 1. The minimum Gasteiger partial charge on any atom is -0.335 e. The highest BCUT2D eigenvalue weighted by Crippen LogP contribution is 2.30. The number of amides is 2. The average Bonchev–Trinajstić information content (AvgIpc) is 2.96. The Labute approximate surface area is 138 Å². The van der Waals surface area contributed by atoms with Gasteiger partial charge in [0.25, 0.3) is 0 Å². The molecular formula is C17H29N5O. The highest BCUT2D eigenvalue weighted by Gasteiger charge is 2.28. The molecular weight excluding hydrogens is 290 g/mol. The SMILES string of the molecule is CC(C)C1CCCCC1NC(=O)NCc1nnc2n1CCCC2. The van der Waals surface area contributed by atoms with Crippen LogP contribution in [0, 0.1) is 11.8 Å². The minimum absolute atomic E-state index is 0.0734. The summed E-state index contributed by atoms with van der Waals surface area (Å²) in [5, 5.41) is 14.6. The third kappa shape index (κ3) is 3.85. The molecule has 1 saturated carbocycles. The first-order chi connectivity index (χ1) is 11.1. The second-order valence-electron chi connectivity index (χ2n) is 7.27. The number of urea groups is 1. The van der Waals surface area contributed by atoms with Crippen LogP contribution in [-0.4, -0.2) is 26.8 Å². The van der Waals surface area contributed by atoms with Crippen LogP contribution in [0.3, 0.4) is 0 Å². The van der Waals surface area contributed by atoms with Crippen LogP contribution in [0.5, 0.6) is 0 Å². The molecule has 1 fully saturated rings. The standard InChI is InChI=1S/C17H29N5O/c1-12(2)13-7-3-4-8-14(13)19-17(23)18-11-16-21-20-15-9-5-6-10-22(15)16/h12-14H,3-11H2,1-2H3,(H2,18,19,23). The van der Waals surface area contributed by atoms with Crippen molar-refractivity contribution in [3.63, 3.8) is 0 Å². The second-order valence-corrected chi connectivity index (χ2v) is 7.27. The van der Waals surface area contributed by atoms with E-state index >= 15 is 0 Å². The maximum absolute atomic E-state index is 12.3. The number of aryl methyl sites for hydroxylation is 1. The molecule has 2 heterocycles. The highest BCUT2D eigenvalue weighted by atomic mass is 16.2. The van der Waals surface area contributed by atoms with Crippen molar-refractivity contribution in [2.45, 2.75) is 77.9 Å². The van der Waals surface area contributed by atoms with Crippen molar-refractivity contribution < 1.29 is 4.79 Å². The molecule has 0 saturated heterocycles. The zero-order chi connectivity index (χ0) is 16.2. The van der Waals surface area contributed by atoms with Gasteiger partial charge in [-0.15, -0.1) is 10.2 Å². The molecule has 3 rings (SSSR count). The van der Waals surface area contributed by atoms with Gasteiger partial charge in [-0.1, -0.05) is 26.7 Å². The number of nitrogens with zero attached hydrogens (tertiary/aromatic N) is 3. The van der Waals surface area contributed by atoms with Gasteiger partial charge in [0.1, 0.15) is 5.82 Å². The van der Waals surface area contributed by atoms with Gasteiger partial charge in [0.2, 0.25) is 0 Å². The Hall–Kier alpha value is -1.59. The molecule has 6 heteroatoms. The molecule has 23 heavy (non-hydrogen) atoms. The van der Waals surface area contributed by atoms with Crippen molar-refractivity contribution in [2.24, 2.45) is 11.8 Å². The summed E-state index contributed by atoms with van der Waals surface area (Å²) in [6.07, 6.45) is 8.17. The number of carbonyl (C=O) groups excluding carboxylic acids is 1. The summed E-state index contributed by atoms with van der Waals surface area (Å²) in [4.78, 5) is 12.3. The molecule has 1 aliphatic carbocycles. The molecule has 6 nitrogen and oxygen atoms in total. The van der Waals surface area contributed by atoms with E-state index in [1.165, 1.54) is 32.1 Å². The summed E-state index contributed by atoms with van der Waals surface area (Å²) in [6, 6.07) is 0.228. The van der Waals surface area contributed by atoms with Crippen LogP contribution >= 0.6 is 0 Å². The lowest BCUT2D eigenvalue weighted by Gasteiger charge is -2.34. The second kappa shape index (κ2) is 7.32. The van der Waals surface area contributed by atoms with Crippen molar-refractivity contribution in [1.29, 1.82) is 0 Å². The van der Waals surface area contributed by atoms with Gasteiger partial charge in [-0.25, -0.2) is 4.79 Å². The largest absolute Gasteiger partial charge is 0.335 e. The van der Waals surface area contributed by atoms with Crippen molar-refractivity contribution >= 4 is 6.03 Å². The van der Waals surface area contributed by atoms with Gasteiger partial charge >= 0.3 is 6.03 Å². The summed E-state index contributed by atoms with van der Waals surface area (Å²) in [6.45, 7) is 5.94. The Morgan fingerprint density at radius 3 is 2.87 bits per heavy atom. The molecule has 0 bridgehead atoms. The highest BCUT2D eigenvalue weighted by molar-refractivity contribution is 5.74. The normalized spacial score (nSPS) is 24.3.